The van der Waals surface area contributed by atoms with Gasteiger partial charge in [0.25, 0.3) is 6.02 Å². The predicted octanol–water partition coefficient (Wildman–Crippen LogP) is 1.79. The van der Waals surface area contributed by atoms with Crippen molar-refractivity contribution in [3.8, 4) is 0 Å². The van der Waals surface area contributed by atoms with E-state index in [1.54, 1.807) is 0 Å². The van der Waals surface area contributed by atoms with Gasteiger partial charge in [-0.05, 0) is 31.0 Å². The Hall–Kier alpha value is -1.71. The van der Waals surface area contributed by atoms with E-state index < -0.39 is 0 Å². The topological polar surface area (TPSA) is 50.9 Å². The van der Waals surface area contributed by atoms with Crippen LogP contribution in [0.5, 0.6) is 0 Å². The highest BCUT2D eigenvalue weighted by Gasteiger charge is 2.19. The van der Waals surface area contributed by atoms with Crippen LogP contribution in [0.4, 0.5) is 5.69 Å². The third-order valence-electron chi connectivity index (χ3n) is 3.26. The Kier molecular flexibility index (Phi) is 4.07. The summed E-state index contributed by atoms with van der Waals surface area (Å²) in [7, 11) is 0. The van der Waals surface area contributed by atoms with Gasteiger partial charge in [0.1, 0.15) is 12.6 Å². The van der Waals surface area contributed by atoms with Gasteiger partial charge in [0.15, 0.2) is 0 Å². The number of hydrogen-bond donors (Lipinski definition) is 1. The maximum Gasteiger partial charge on any atom is 0.282 e. The molecule has 1 aliphatic heterocycles. The van der Waals surface area contributed by atoms with Crippen LogP contribution in [-0.2, 0) is 11.2 Å². The minimum absolute atomic E-state index is 0.149. The van der Waals surface area contributed by atoms with Crippen LogP contribution in [0.15, 0.2) is 29.3 Å². The molecule has 1 heterocycles. The lowest BCUT2D eigenvalue weighted by Gasteiger charge is -2.24. The van der Waals surface area contributed by atoms with E-state index in [1.165, 1.54) is 11.3 Å². The van der Waals surface area contributed by atoms with Gasteiger partial charge >= 0.3 is 0 Å². The van der Waals surface area contributed by atoms with Gasteiger partial charge in [-0.1, -0.05) is 19.1 Å². The summed E-state index contributed by atoms with van der Waals surface area (Å²) in [6.07, 6.45) is 1.07. The molecule has 2 N–H and O–H groups in total. The van der Waals surface area contributed by atoms with Crippen LogP contribution in [0.3, 0.4) is 0 Å². The summed E-state index contributed by atoms with van der Waals surface area (Å²) in [4.78, 5) is 6.57. The number of hydrogen-bond acceptors (Lipinski definition) is 4. The number of nitrogens with zero attached hydrogens (tertiary/aromatic N) is 2. The van der Waals surface area contributed by atoms with E-state index in [0.717, 1.165) is 19.5 Å². The molecule has 4 heteroatoms. The molecule has 18 heavy (non-hydrogen) atoms. The minimum atomic E-state index is 0.149. The number of anilines is 1. The van der Waals surface area contributed by atoms with E-state index >= 15 is 0 Å². The lowest BCUT2D eigenvalue weighted by atomic mass is 10.1. The van der Waals surface area contributed by atoms with Crippen molar-refractivity contribution in [2.75, 3.05) is 24.6 Å². The first-order valence-electron chi connectivity index (χ1n) is 6.52. The lowest BCUT2D eigenvalue weighted by molar-refractivity contribution is 0.313. The Morgan fingerprint density at radius 3 is 2.56 bits per heavy atom. The molecule has 1 aromatic carbocycles. The van der Waals surface area contributed by atoms with Crippen molar-refractivity contribution in [1.29, 1.82) is 0 Å². The van der Waals surface area contributed by atoms with Crippen molar-refractivity contribution < 1.29 is 4.74 Å². The van der Waals surface area contributed by atoms with Crippen LogP contribution in [0.25, 0.3) is 0 Å². The fourth-order valence-corrected chi connectivity index (χ4v) is 2.14. The quantitative estimate of drug-likeness (QED) is 0.863. The van der Waals surface area contributed by atoms with Gasteiger partial charge < -0.3 is 15.4 Å². The number of aryl methyl sites for hydroxylation is 1. The monoisotopic (exact) mass is 247 g/mol. The summed E-state index contributed by atoms with van der Waals surface area (Å²) in [6, 6.07) is 9.17. The SMILES string of the molecule is CCc1ccc(N(CC)CC2COC(N)=N2)cc1. The molecule has 0 aliphatic carbocycles. The highest BCUT2D eigenvalue weighted by atomic mass is 16.5. The molecule has 1 aliphatic rings. The van der Waals surface area contributed by atoms with Crippen LogP contribution in [0, 0.1) is 0 Å². The van der Waals surface area contributed by atoms with E-state index in [1.807, 2.05) is 0 Å². The van der Waals surface area contributed by atoms with Crippen molar-refractivity contribution in [2.45, 2.75) is 26.3 Å². The molecule has 2 rings (SSSR count). The fraction of sp³-hybridized carbons (Fsp3) is 0.500. The predicted molar refractivity (Wildman–Crippen MR) is 75.1 cm³/mol. The molecule has 1 aromatic rings. The van der Waals surface area contributed by atoms with E-state index in [4.69, 9.17) is 10.5 Å². The fourth-order valence-electron chi connectivity index (χ4n) is 2.14. The van der Waals surface area contributed by atoms with E-state index in [9.17, 15) is 0 Å². The Morgan fingerprint density at radius 1 is 1.33 bits per heavy atom. The molecule has 4 nitrogen and oxygen atoms in total. The molecular weight excluding hydrogens is 226 g/mol. The summed E-state index contributed by atoms with van der Waals surface area (Å²) in [6.45, 7) is 6.71. The van der Waals surface area contributed by atoms with Crippen LogP contribution in [0.2, 0.25) is 0 Å². The molecule has 0 fully saturated rings. The molecule has 0 aromatic heterocycles. The minimum Gasteiger partial charge on any atom is -0.463 e. The van der Waals surface area contributed by atoms with Crippen molar-refractivity contribution >= 4 is 11.7 Å². The van der Waals surface area contributed by atoms with Gasteiger partial charge in [-0.15, -0.1) is 0 Å². The van der Waals surface area contributed by atoms with Crippen LogP contribution in [-0.4, -0.2) is 31.8 Å². The third kappa shape index (κ3) is 2.94. The number of ether oxygens (including phenoxy) is 1. The Bertz CT molecular complexity index is 414. The smallest absolute Gasteiger partial charge is 0.282 e. The molecular formula is C14H21N3O. The van der Waals surface area contributed by atoms with Crippen molar-refractivity contribution in [3.63, 3.8) is 0 Å². The number of amidine groups is 1. The molecule has 1 unspecified atom stereocenters. The Balaban J connectivity index is 2.03. The van der Waals surface area contributed by atoms with Crippen LogP contribution < -0.4 is 10.6 Å². The molecule has 98 valence electrons. The lowest BCUT2D eigenvalue weighted by Crippen LogP contribution is -2.32. The average Bonchev–Trinajstić information content (AvgIpc) is 2.82. The molecule has 0 radical (unpaired) electrons. The second-order valence-electron chi connectivity index (χ2n) is 4.49. The zero-order chi connectivity index (χ0) is 13.0. The van der Waals surface area contributed by atoms with Crippen molar-refractivity contribution in [2.24, 2.45) is 10.7 Å². The maximum absolute atomic E-state index is 5.53. The standard InChI is InChI=1S/C14H21N3O/c1-3-11-5-7-13(8-6-11)17(4-2)9-12-10-18-14(15)16-12/h5-8,12H,3-4,9-10H2,1-2H3,(H2,15,16). The highest BCUT2D eigenvalue weighted by molar-refractivity contribution is 5.73. The zero-order valence-electron chi connectivity index (χ0n) is 11.1. The Labute approximate surface area is 108 Å². The molecule has 0 bridgehead atoms. The normalized spacial score (nSPS) is 18.3. The van der Waals surface area contributed by atoms with E-state index in [-0.39, 0.29) is 6.04 Å². The first-order valence-corrected chi connectivity index (χ1v) is 6.52. The van der Waals surface area contributed by atoms with Crippen molar-refractivity contribution in [1.82, 2.24) is 0 Å². The van der Waals surface area contributed by atoms with Crippen LogP contribution in [0.1, 0.15) is 19.4 Å². The third-order valence-corrected chi connectivity index (χ3v) is 3.26. The Morgan fingerprint density at radius 2 is 2.06 bits per heavy atom. The maximum atomic E-state index is 5.53. The highest BCUT2D eigenvalue weighted by Crippen LogP contribution is 2.17. The summed E-state index contributed by atoms with van der Waals surface area (Å²) in [5.74, 6) is 0. The second-order valence-corrected chi connectivity index (χ2v) is 4.49. The summed E-state index contributed by atoms with van der Waals surface area (Å²) in [5, 5.41) is 0. The zero-order valence-corrected chi connectivity index (χ0v) is 11.1. The van der Waals surface area contributed by atoms with Gasteiger partial charge in [-0.2, -0.15) is 0 Å². The van der Waals surface area contributed by atoms with Crippen molar-refractivity contribution in [3.05, 3.63) is 29.8 Å². The number of benzene rings is 1. The number of rotatable bonds is 5. The summed E-state index contributed by atoms with van der Waals surface area (Å²) in [5.41, 5.74) is 8.12. The van der Waals surface area contributed by atoms with Crippen LogP contribution >= 0.6 is 0 Å². The largest absolute Gasteiger partial charge is 0.463 e. The van der Waals surface area contributed by atoms with Gasteiger partial charge in [-0.25, -0.2) is 4.99 Å². The number of likely N-dealkylation sites (N-methyl/N-ethyl adjacent to an activating group) is 1. The summed E-state index contributed by atoms with van der Waals surface area (Å²) < 4.78 is 5.18. The van der Waals surface area contributed by atoms with Gasteiger partial charge in [-0.3, -0.25) is 0 Å². The van der Waals surface area contributed by atoms with E-state index in [0.29, 0.717) is 12.6 Å². The average molecular weight is 247 g/mol. The molecule has 0 saturated carbocycles. The molecule has 1 atom stereocenters. The molecule has 0 saturated heterocycles. The molecule has 0 spiro atoms. The number of nitrogens with two attached hydrogens (primary N) is 1. The second kappa shape index (κ2) is 5.76. The summed E-state index contributed by atoms with van der Waals surface area (Å²) >= 11 is 0. The first-order chi connectivity index (χ1) is 8.72. The number of aliphatic imine (C=N–C) groups is 1. The molecule has 0 amide bonds. The van der Waals surface area contributed by atoms with Gasteiger partial charge in [0, 0.05) is 18.8 Å². The first kappa shape index (κ1) is 12.7. The van der Waals surface area contributed by atoms with E-state index in [2.05, 4.69) is 48.0 Å². The van der Waals surface area contributed by atoms with Gasteiger partial charge in [0.2, 0.25) is 0 Å². The van der Waals surface area contributed by atoms with Gasteiger partial charge in [0.05, 0.1) is 0 Å².